The van der Waals surface area contributed by atoms with Gasteiger partial charge in [0, 0.05) is 7.05 Å². The topological polar surface area (TPSA) is 76.4 Å². The van der Waals surface area contributed by atoms with Gasteiger partial charge in [-0.05, 0) is 0 Å². The van der Waals surface area contributed by atoms with Crippen molar-refractivity contribution in [3.8, 4) is 0 Å². The number of amidine groups is 1. The van der Waals surface area contributed by atoms with E-state index in [1.54, 1.807) is 7.05 Å². The Morgan fingerprint density at radius 2 is 2.55 bits per heavy atom. The van der Waals surface area contributed by atoms with E-state index in [4.69, 9.17) is 22.5 Å². The highest BCUT2D eigenvalue weighted by atomic mass is 35.5. The van der Waals surface area contributed by atoms with Crippen LogP contribution in [0.5, 0.6) is 0 Å². The molecule has 0 spiro atoms. The quantitative estimate of drug-likeness (QED) is 0.276. The normalized spacial score (nSPS) is 12.0. The molecule has 11 heavy (non-hydrogen) atoms. The molecule has 0 aromatic carbocycles. The third kappa shape index (κ3) is 1.27. The highest BCUT2D eigenvalue weighted by Gasteiger charge is 2.09. The van der Waals surface area contributed by atoms with Crippen LogP contribution < -0.4 is 5.73 Å². The summed E-state index contributed by atoms with van der Waals surface area (Å²) >= 11 is 5.66. The Morgan fingerprint density at radius 3 is 2.91 bits per heavy atom. The van der Waals surface area contributed by atoms with Crippen LogP contribution in [-0.2, 0) is 7.05 Å². The van der Waals surface area contributed by atoms with Crippen LogP contribution in [0.15, 0.2) is 11.4 Å². The van der Waals surface area contributed by atoms with E-state index >= 15 is 0 Å². The van der Waals surface area contributed by atoms with Gasteiger partial charge >= 0.3 is 0 Å². The van der Waals surface area contributed by atoms with E-state index in [1.807, 2.05) is 0 Å². The van der Waals surface area contributed by atoms with Crippen molar-refractivity contribution >= 4 is 17.4 Å². The van der Waals surface area contributed by atoms with Crippen LogP contribution in [0.2, 0.25) is 5.02 Å². The largest absolute Gasteiger partial charge is 0.409 e. The maximum atomic E-state index is 8.32. The van der Waals surface area contributed by atoms with Crippen molar-refractivity contribution < 1.29 is 5.21 Å². The van der Waals surface area contributed by atoms with Crippen LogP contribution in [0.25, 0.3) is 0 Å². The standard InChI is InChI=1S/C5H7ClN4O/c1-10-4(5(7)9-11)3(6)2-8-10/h2,11H,1H3,(H2,7,9). The molecule has 0 aliphatic carbocycles. The summed E-state index contributed by atoms with van der Waals surface area (Å²) in [5.74, 6) is -0.0463. The Balaban J connectivity index is 3.21. The zero-order valence-electron chi connectivity index (χ0n) is 5.82. The number of hydrogen-bond donors (Lipinski definition) is 2. The fourth-order valence-corrected chi connectivity index (χ4v) is 1.01. The molecule has 1 aromatic heterocycles. The van der Waals surface area contributed by atoms with Crippen molar-refractivity contribution in [2.75, 3.05) is 0 Å². The monoisotopic (exact) mass is 174 g/mol. The number of halogens is 1. The van der Waals surface area contributed by atoms with E-state index < -0.39 is 0 Å². The van der Waals surface area contributed by atoms with Gasteiger partial charge in [0.1, 0.15) is 5.69 Å². The first-order valence-corrected chi connectivity index (χ1v) is 3.20. The molecule has 0 aliphatic heterocycles. The molecular formula is C5H7ClN4O. The van der Waals surface area contributed by atoms with Gasteiger partial charge in [-0.2, -0.15) is 5.10 Å². The first-order valence-electron chi connectivity index (χ1n) is 2.82. The van der Waals surface area contributed by atoms with Crippen molar-refractivity contribution in [3.05, 3.63) is 16.9 Å². The molecule has 1 heterocycles. The van der Waals surface area contributed by atoms with Crippen LogP contribution in [0.4, 0.5) is 0 Å². The molecule has 1 aromatic rings. The molecular weight excluding hydrogens is 168 g/mol. The third-order valence-electron chi connectivity index (χ3n) is 1.24. The molecule has 0 aliphatic rings. The van der Waals surface area contributed by atoms with E-state index in [1.165, 1.54) is 10.9 Å². The van der Waals surface area contributed by atoms with Crippen LogP contribution in [0.1, 0.15) is 5.69 Å². The molecule has 60 valence electrons. The molecule has 0 saturated carbocycles. The van der Waals surface area contributed by atoms with Crippen molar-refractivity contribution in [1.29, 1.82) is 0 Å². The van der Waals surface area contributed by atoms with Gasteiger partial charge in [0.2, 0.25) is 0 Å². The first-order chi connectivity index (χ1) is 5.16. The van der Waals surface area contributed by atoms with Gasteiger partial charge < -0.3 is 10.9 Å². The summed E-state index contributed by atoms with van der Waals surface area (Å²) in [5, 5.41) is 15.3. The lowest BCUT2D eigenvalue weighted by Gasteiger charge is -1.98. The zero-order chi connectivity index (χ0) is 8.43. The lowest BCUT2D eigenvalue weighted by molar-refractivity contribution is 0.318. The van der Waals surface area contributed by atoms with E-state index in [0.29, 0.717) is 10.7 Å². The molecule has 0 saturated heterocycles. The lowest BCUT2D eigenvalue weighted by Crippen LogP contribution is -2.17. The highest BCUT2D eigenvalue weighted by molar-refractivity contribution is 6.33. The van der Waals surface area contributed by atoms with Gasteiger partial charge in [0.25, 0.3) is 0 Å². The third-order valence-corrected chi connectivity index (χ3v) is 1.52. The van der Waals surface area contributed by atoms with E-state index in [0.717, 1.165) is 0 Å². The molecule has 1 rings (SSSR count). The van der Waals surface area contributed by atoms with E-state index in [-0.39, 0.29) is 5.84 Å². The average Bonchev–Trinajstić information content (AvgIpc) is 2.30. The summed E-state index contributed by atoms with van der Waals surface area (Å²) in [5.41, 5.74) is 5.71. The summed E-state index contributed by atoms with van der Waals surface area (Å²) in [6, 6.07) is 0. The second-order valence-electron chi connectivity index (χ2n) is 1.95. The molecule has 0 atom stereocenters. The maximum Gasteiger partial charge on any atom is 0.189 e. The second kappa shape index (κ2) is 2.79. The van der Waals surface area contributed by atoms with E-state index in [9.17, 15) is 0 Å². The van der Waals surface area contributed by atoms with Crippen molar-refractivity contribution in [2.24, 2.45) is 17.9 Å². The van der Waals surface area contributed by atoms with Crippen molar-refractivity contribution in [2.45, 2.75) is 0 Å². The molecule has 0 unspecified atom stereocenters. The van der Waals surface area contributed by atoms with Crippen molar-refractivity contribution in [3.63, 3.8) is 0 Å². The Kier molecular flexibility index (Phi) is 2.00. The number of oxime groups is 1. The molecule has 6 heteroatoms. The Labute approximate surface area is 68.1 Å². The smallest absolute Gasteiger partial charge is 0.189 e. The summed E-state index contributed by atoms with van der Waals surface area (Å²) in [6.07, 6.45) is 1.43. The predicted molar refractivity (Wildman–Crippen MR) is 40.7 cm³/mol. The minimum atomic E-state index is -0.0463. The number of hydrogen-bond acceptors (Lipinski definition) is 3. The summed E-state index contributed by atoms with van der Waals surface area (Å²) < 4.78 is 1.43. The Bertz CT molecular complexity index is 273. The van der Waals surface area contributed by atoms with Gasteiger partial charge in [0.15, 0.2) is 5.84 Å². The average molecular weight is 175 g/mol. The van der Waals surface area contributed by atoms with Crippen LogP contribution >= 0.6 is 11.6 Å². The fourth-order valence-electron chi connectivity index (χ4n) is 0.746. The zero-order valence-corrected chi connectivity index (χ0v) is 6.58. The fraction of sp³-hybridized carbons (Fsp3) is 0.200. The molecule has 0 radical (unpaired) electrons. The maximum absolute atomic E-state index is 8.32. The first kappa shape index (κ1) is 7.87. The minimum absolute atomic E-state index is 0.0463. The SMILES string of the molecule is Cn1ncc(Cl)c1/C(N)=N/O. The number of nitrogens with two attached hydrogens (primary N) is 1. The molecule has 0 amide bonds. The summed E-state index contributed by atoms with van der Waals surface area (Å²) in [6.45, 7) is 0. The van der Waals surface area contributed by atoms with Gasteiger partial charge in [-0.1, -0.05) is 16.8 Å². The minimum Gasteiger partial charge on any atom is -0.409 e. The number of rotatable bonds is 1. The number of aromatic nitrogens is 2. The van der Waals surface area contributed by atoms with Crippen LogP contribution in [0.3, 0.4) is 0 Å². The van der Waals surface area contributed by atoms with Crippen LogP contribution in [0, 0.1) is 0 Å². The summed E-state index contributed by atoms with van der Waals surface area (Å²) in [7, 11) is 1.65. The van der Waals surface area contributed by atoms with Gasteiger partial charge in [-0.25, -0.2) is 0 Å². The Hall–Kier alpha value is -1.23. The molecule has 0 fully saturated rings. The van der Waals surface area contributed by atoms with Crippen LogP contribution in [-0.4, -0.2) is 20.8 Å². The van der Waals surface area contributed by atoms with Gasteiger partial charge in [-0.3, -0.25) is 4.68 Å². The molecule has 3 N–H and O–H groups in total. The molecule has 5 nitrogen and oxygen atoms in total. The number of aryl methyl sites for hydroxylation is 1. The number of nitrogens with zero attached hydrogens (tertiary/aromatic N) is 3. The van der Waals surface area contributed by atoms with Gasteiger partial charge in [-0.15, -0.1) is 0 Å². The summed E-state index contributed by atoms with van der Waals surface area (Å²) in [4.78, 5) is 0. The molecule has 0 bridgehead atoms. The predicted octanol–water partition coefficient (Wildman–Crippen LogP) is 0.168. The second-order valence-corrected chi connectivity index (χ2v) is 2.36. The Morgan fingerprint density at radius 1 is 1.91 bits per heavy atom. The van der Waals surface area contributed by atoms with Crippen molar-refractivity contribution in [1.82, 2.24) is 9.78 Å². The van der Waals surface area contributed by atoms with E-state index in [2.05, 4.69) is 10.3 Å². The van der Waals surface area contributed by atoms with Gasteiger partial charge in [0.05, 0.1) is 11.2 Å². The lowest BCUT2D eigenvalue weighted by atomic mass is 10.4. The highest BCUT2D eigenvalue weighted by Crippen LogP contribution is 2.12.